The number of imidazole rings is 1. The summed E-state index contributed by atoms with van der Waals surface area (Å²) in [4.78, 5) is 14.3. The number of rotatable bonds is 3. The molecule has 1 aliphatic heterocycles. The van der Waals surface area contributed by atoms with Crippen LogP contribution < -0.4 is 4.90 Å². The van der Waals surface area contributed by atoms with Gasteiger partial charge in [-0.25, -0.2) is 18.7 Å². The van der Waals surface area contributed by atoms with Crippen LogP contribution in [-0.4, -0.2) is 54.4 Å². The molecule has 4 aromatic heterocycles. The molecule has 8 nitrogen and oxygen atoms in total. The Kier molecular flexibility index (Phi) is 3.83. The number of H-pyrrole nitrogens is 3. The molecule has 6 rings (SSSR count). The summed E-state index contributed by atoms with van der Waals surface area (Å²) >= 11 is 0. The van der Waals surface area contributed by atoms with E-state index in [0.717, 1.165) is 33.2 Å². The van der Waals surface area contributed by atoms with Crippen LogP contribution in [-0.2, 0) is 0 Å². The average Bonchev–Trinajstić information content (AvgIpc) is 3.51. The Morgan fingerprint density at radius 1 is 1.06 bits per heavy atom. The van der Waals surface area contributed by atoms with Crippen molar-refractivity contribution in [2.24, 2.45) is 0 Å². The van der Waals surface area contributed by atoms with Crippen molar-refractivity contribution in [2.45, 2.75) is 18.8 Å². The lowest BCUT2D eigenvalue weighted by molar-refractivity contribution is -0.0220. The molecule has 0 bridgehead atoms. The molecule has 0 spiro atoms. The van der Waals surface area contributed by atoms with Gasteiger partial charge in [-0.2, -0.15) is 10.2 Å². The van der Waals surface area contributed by atoms with Gasteiger partial charge in [0.25, 0.3) is 5.92 Å². The van der Waals surface area contributed by atoms with E-state index < -0.39 is 5.92 Å². The van der Waals surface area contributed by atoms with Gasteiger partial charge in [0.2, 0.25) is 0 Å². The smallest absolute Gasteiger partial charge is 0.251 e. The molecule has 3 N–H and O–H groups in total. The van der Waals surface area contributed by atoms with E-state index in [2.05, 4.69) is 35.3 Å². The Morgan fingerprint density at radius 2 is 1.94 bits per heavy atom. The van der Waals surface area contributed by atoms with Crippen LogP contribution in [0.4, 0.5) is 14.5 Å². The van der Waals surface area contributed by atoms with E-state index in [0.29, 0.717) is 30.3 Å². The van der Waals surface area contributed by atoms with E-state index in [1.165, 1.54) is 0 Å². The maximum absolute atomic E-state index is 13.6. The van der Waals surface area contributed by atoms with Gasteiger partial charge in [-0.05, 0) is 23.8 Å². The number of benzene rings is 1. The second-order valence-electron chi connectivity index (χ2n) is 7.78. The Hall–Kier alpha value is -3.82. The van der Waals surface area contributed by atoms with Gasteiger partial charge in [0.1, 0.15) is 11.2 Å². The minimum absolute atomic E-state index is 0.154. The zero-order chi connectivity index (χ0) is 21.0. The van der Waals surface area contributed by atoms with Crippen LogP contribution in [0.2, 0.25) is 0 Å². The summed E-state index contributed by atoms with van der Waals surface area (Å²) in [6, 6.07) is 7.84. The summed E-state index contributed by atoms with van der Waals surface area (Å²) in [6.07, 6.45) is 4.95. The first-order valence-electron chi connectivity index (χ1n) is 10.0. The number of hydrogen-bond donors (Lipinski definition) is 3. The summed E-state index contributed by atoms with van der Waals surface area (Å²) in [7, 11) is 0. The van der Waals surface area contributed by atoms with E-state index in [4.69, 9.17) is 0 Å². The maximum Gasteiger partial charge on any atom is 0.251 e. The number of hydrogen-bond acceptors (Lipinski definition) is 5. The average molecular weight is 420 g/mol. The third kappa shape index (κ3) is 3.02. The molecule has 10 heteroatoms. The minimum atomic E-state index is -2.59. The van der Waals surface area contributed by atoms with Gasteiger partial charge in [-0.15, -0.1) is 0 Å². The molecule has 0 unspecified atom stereocenters. The maximum atomic E-state index is 13.6. The lowest BCUT2D eigenvalue weighted by atomic mass is 10.1. The van der Waals surface area contributed by atoms with Crippen LogP contribution in [0.1, 0.15) is 12.8 Å². The summed E-state index contributed by atoms with van der Waals surface area (Å²) in [5.74, 6) is -2.02. The van der Waals surface area contributed by atoms with Gasteiger partial charge in [0.15, 0.2) is 11.5 Å². The summed E-state index contributed by atoms with van der Waals surface area (Å²) in [6.45, 7) is 0.583. The molecule has 1 aromatic carbocycles. The molecule has 31 heavy (non-hydrogen) atoms. The van der Waals surface area contributed by atoms with Crippen molar-refractivity contribution < 1.29 is 8.78 Å². The minimum Gasteiger partial charge on any atom is -0.369 e. The lowest BCUT2D eigenvalue weighted by Crippen LogP contribution is -2.39. The lowest BCUT2D eigenvalue weighted by Gasteiger charge is -2.33. The molecule has 1 aliphatic rings. The van der Waals surface area contributed by atoms with E-state index in [1.807, 2.05) is 35.4 Å². The van der Waals surface area contributed by atoms with Crippen molar-refractivity contribution >= 4 is 27.8 Å². The van der Waals surface area contributed by atoms with Crippen LogP contribution in [0.25, 0.3) is 44.7 Å². The van der Waals surface area contributed by atoms with Gasteiger partial charge in [0.05, 0.1) is 17.4 Å². The zero-order valence-corrected chi connectivity index (χ0v) is 16.4. The van der Waals surface area contributed by atoms with E-state index >= 15 is 0 Å². The summed E-state index contributed by atoms with van der Waals surface area (Å²) in [5, 5.41) is 15.3. The first-order chi connectivity index (χ1) is 15.1. The van der Waals surface area contributed by atoms with Gasteiger partial charge in [-0.1, -0.05) is 6.07 Å². The number of alkyl halides is 2. The Bertz CT molecular complexity index is 1380. The molecule has 0 saturated carbocycles. The number of nitrogens with zero attached hydrogens (tertiary/aromatic N) is 5. The highest BCUT2D eigenvalue weighted by molar-refractivity contribution is 5.96. The zero-order valence-electron chi connectivity index (χ0n) is 16.4. The second-order valence-corrected chi connectivity index (χ2v) is 7.78. The molecule has 0 atom stereocenters. The third-order valence-corrected chi connectivity index (χ3v) is 5.82. The predicted molar refractivity (Wildman–Crippen MR) is 113 cm³/mol. The SMILES string of the molecule is FC1(F)CCN(c2ccnc3nc(-c4n[nH]c5ccc(-c6cn[nH]c6)cc45)[nH]c23)CC1. The number of fused-ring (bicyclic) bond motifs is 2. The third-order valence-electron chi connectivity index (χ3n) is 5.82. The first-order valence-corrected chi connectivity index (χ1v) is 10.0. The second kappa shape index (κ2) is 6.59. The highest BCUT2D eigenvalue weighted by atomic mass is 19.3. The fraction of sp³-hybridized carbons (Fsp3) is 0.238. The van der Waals surface area contributed by atoms with Crippen molar-refractivity contribution in [3.05, 3.63) is 42.9 Å². The van der Waals surface area contributed by atoms with E-state index in [1.54, 1.807) is 12.4 Å². The van der Waals surface area contributed by atoms with Gasteiger partial charge in [-0.3, -0.25) is 10.2 Å². The monoisotopic (exact) mass is 420 g/mol. The normalized spacial score (nSPS) is 16.4. The van der Waals surface area contributed by atoms with Crippen LogP contribution >= 0.6 is 0 Å². The van der Waals surface area contributed by atoms with Crippen LogP contribution in [0, 0.1) is 0 Å². The molecule has 5 aromatic rings. The van der Waals surface area contributed by atoms with Crippen molar-refractivity contribution in [1.29, 1.82) is 0 Å². The predicted octanol–water partition coefficient (Wildman–Crippen LogP) is 4.13. The molecule has 0 radical (unpaired) electrons. The number of aromatic amines is 3. The standard InChI is InChI=1S/C21H18F2N8/c22-21(23)4-7-31(8-5-21)16-3-6-24-19-18(16)27-20(28-19)17-14-9-12(13-10-25-26-11-13)1-2-15(14)29-30-17/h1-3,6,9-11H,4-5,7-8H2,(H,25,26)(H,29,30)(H,24,27,28). The number of aromatic nitrogens is 7. The fourth-order valence-corrected chi connectivity index (χ4v) is 4.13. The number of anilines is 1. The molecule has 0 aliphatic carbocycles. The van der Waals surface area contributed by atoms with E-state index in [-0.39, 0.29) is 12.8 Å². The van der Waals surface area contributed by atoms with Crippen molar-refractivity contribution in [2.75, 3.05) is 18.0 Å². The van der Waals surface area contributed by atoms with Crippen LogP contribution in [0.3, 0.4) is 0 Å². The number of pyridine rings is 1. The van der Waals surface area contributed by atoms with Crippen LogP contribution in [0.5, 0.6) is 0 Å². The highest BCUT2D eigenvalue weighted by Gasteiger charge is 2.34. The van der Waals surface area contributed by atoms with Crippen molar-refractivity contribution in [3.8, 4) is 22.6 Å². The van der Waals surface area contributed by atoms with Crippen molar-refractivity contribution in [3.63, 3.8) is 0 Å². The highest BCUT2D eigenvalue weighted by Crippen LogP contribution is 2.35. The summed E-state index contributed by atoms with van der Waals surface area (Å²) in [5.41, 5.74) is 5.64. The van der Waals surface area contributed by atoms with E-state index in [9.17, 15) is 8.78 Å². The van der Waals surface area contributed by atoms with Crippen LogP contribution in [0.15, 0.2) is 42.9 Å². The molecule has 0 amide bonds. The van der Waals surface area contributed by atoms with Gasteiger partial charge in [0, 0.05) is 49.3 Å². The van der Waals surface area contributed by atoms with Crippen molar-refractivity contribution in [1.82, 2.24) is 35.3 Å². The number of nitrogens with one attached hydrogen (secondary N) is 3. The Labute approximate surface area is 174 Å². The first kappa shape index (κ1) is 18.0. The molecule has 1 saturated heterocycles. The molecular formula is C21H18F2N8. The molecule has 1 fully saturated rings. The molecule has 5 heterocycles. The Morgan fingerprint density at radius 3 is 2.74 bits per heavy atom. The summed E-state index contributed by atoms with van der Waals surface area (Å²) < 4.78 is 27.2. The number of halogens is 2. The largest absolute Gasteiger partial charge is 0.369 e. The number of piperidine rings is 1. The fourth-order valence-electron chi connectivity index (χ4n) is 4.13. The Balaban J connectivity index is 1.43. The van der Waals surface area contributed by atoms with Gasteiger partial charge < -0.3 is 9.88 Å². The molecular weight excluding hydrogens is 402 g/mol. The quantitative estimate of drug-likeness (QED) is 0.407. The topological polar surface area (TPSA) is 102 Å². The molecule has 156 valence electrons. The van der Waals surface area contributed by atoms with Gasteiger partial charge >= 0.3 is 0 Å².